The van der Waals surface area contributed by atoms with Crippen LogP contribution in [0.3, 0.4) is 0 Å². The van der Waals surface area contributed by atoms with Crippen molar-refractivity contribution in [1.29, 1.82) is 0 Å². The second-order valence-electron chi connectivity index (χ2n) is 5.91. The molecule has 1 aliphatic rings. The molecule has 0 bridgehead atoms. The summed E-state index contributed by atoms with van der Waals surface area (Å²) in [5, 5.41) is 3.31. The number of nitrogens with one attached hydrogen (secondary N) is 1. The van der Waals surface area contributed by atoms with Crippen LogP contribution in [0.1, 0.15) is 30.1 Å². The first-order chi connectivity index (χ1) is 10.9. The van der Waals surface area contributed by atoms with Gasteiger partial charge in [0.05, 0.1) is 16.6 Å². The van der Waals surface area contributed by atoms with Gasteiger partial charge in [0, 0.05) is 24.7 Å². The molecule has 8 heteroatoms. The third-order valence-corrected chi connectivity index (χ3v) is 4.88. The molecule has 1 aromatic rings. The number of piperidine rings is 1. The van der Waals surface area contributed by atoms with Gasteiger partial charge in [0.2, 0.25) is 5.91 Å². The van der Waals surface area contributed by atoms with Crippen molar-refractivity contribution in [3.05, 3.63) is 33.8 Å². The number of nitrogens with two attached hydrogens (primary N) is 1. The summed E-state index contributed by atoms with van der Waals surface area (Å²) < 4.78 is 0. The van der Waals surface area contributed by atoms with E-state index in [0.717, 1.165) is 12.8 Å². The summed E-state index contributed by atoms with van der Waals surface area (Å²) in [6.07, 6.45) is 1.98. The third-order valence-electron chi connectivity index (χ3n) is 4.14. The van der Waals surface area contributed by atoms with Gasteiger partial charge in [-0.15, -0.1) is 12.4 Å². The number of hydrogen-bond donors (Lipinski definition) is 2. The summed E-state index contributed by atoms with van der Waals surface area (Å²) in [4.78, 5) is 26.1. The Balaban J connectivity index is 0.00000288. The summed E-state index contributed by atoms with van der Waals surface area (Å²) in [7, 11) is 0. The van der Waals surface area contributed by atoms with Crippen molar-refractivity contribution in [3.8, 4) is 0 Å². The number of likely N-dealkylation sites (tertiary alicyclic amines) is 1. The maximum Gasteiger partial charge on any atom is 0.251 e. The molecule has 1 heterocycles. The number of benzene rings is 1. The van der Waals surface area contributed by atoms with Gasteiger partial charge in [0.25, 0.3) is 5.91 Å². The largest absolute Gasteiger partial charge is 0.343 e. The summed E-state index contributed by atoms with van der Waals surface area (Å²) in [6, 6.07) is 4.67. The fourth-order valence-corrected chi connectivity index (χ4v) is 2.97. The van der Waals surface area contributed by atoms with E-state index in [1.807, 2.05) is 6.92 Å². The fraction of sp³-hybridized carbons (Fsp3) is 0.500. The Hall–Kier alpha value is -1.01. The molecule has 0 spiro atoms. The maximum absolute atomic E-state index is 12.2. The zero-order valence-electron chi connectivity index (χ0n) is 13.4. The molecule has 1 fully saturated rings. The van der Waals surface area contributed by atoms with Gasteiger partial charge in [-0.05, 0) is 43.9 Å². The minimum absolute atomic E-state index is 0. The van der Waals surface area contributed by atoms with Crippen LogP contribution in [0, 0.1) is 5.92 Å². The van der Waals surface area contributed by atoms with Gasteiger partial charge < -0.3 is 16.0 Å². The van der Waals surface area contributed by atoms with E-state index in [2.05, 4.69) is 5.32 Å². The van der Waals surface area contributed by atoms with Crippen LogP contribution in [0.4, 0.5) is 0 Å². The van der Waals surface area contributed by atoms with Crippen LogP contribution in [0.15, 0.2) is 18.2 Å². The molecule has 1 aliphatic heterocycles. The lowest BCUT2D eigenvalue weighted by Crippen LogP contribution is -2.48. The molecule has 3 N–H and O–H groups in total. The van der Waals surface area contributed by atoms with E-state index in [1.165, 1.54) is 6.07 Å². The first-order valence-electron chi connectivity index (χ1n) is 7.65. The van der Waals surface area contributed by atoms with Crippen LogP contribution < -0.4 is 11.1 Å². The summed E-state index contributed by atoms with van der Waals surface area (Å²) in [6.45, 7) is 3.29. The summed E-state index contributed by atoms with van der Waals surface area (Å²) in [5.41, 5.74) is 6.30. The molecular weight excluding hydrogens is 373 g/mol. The molecule has 0 radical (unpaired) electrons. The van der Waals surface area contributed by atoms with E-state index in [4.69, 9.17) is 28.9 Å². The normalized spacial score (nSPS) is 18.5. The molecule has 1 saturated heterocycles. The van der Waals surface area contributed by atoms with Gasteiger partial charge in [0.15, 0.2) is 0 Å². The number of hydrogen-bond acceptors (Lipinski definition) is 3. The summed E-state index contributed by atoms with van der Waals surface area (Å²) in [5.74, 6) is -0.125. The van der Waals surface area contributed by atoms with Crippen molar-refractivity contribution >= 4 is 47.4 Å². The van der Waals surface area contributed by atoms with Gasteiger partial charge in [0.1, 0.15) is 0 Å². The lowest BCUT2D eigenvalue weighted by molar-refractivity contribution is -0.132. The number of amides is 2. The van der Waals surface area contributed by atoms with Crippen LogP contribution >= 0.6 is 35.6 Å². The highest BCUT2D eigenvalue weighted by atomic mass is 35.5. The van der Waals surface area contributed by atoms with Crippen molar-refractivity contribution < 1.29 is 9.59 Å². The Morgan fingerprint density at radius 1 is 1.38 bits per heavy atom. The van der Waals surface area contributed by atoms with Crippen LogP contribution in [0.2, 0.25) is 10.0 Å². The Morgan fingerprint density at radius 2 is 2.08 bits per heavy atom. The van der Waals surface area contributed by atoms with Gasteiger partial charge in [-0.25, -0.2) is 0 Å². The molecule has 0 saturated carbocycles. The van der Waals surface area contributed by atoms with Crippen molar-refractivity contribution in [2.75, 3.05) is 19.6 Å². The quantitative estimate of drug-likeness (QED) is 0.824. The van der Waals surface area contributed by atoms with Crippen molar-refractivity contribution in [2.24, 2.45) is 11.7 Å². The first kappa shape index (κ1) is 21.0. The molecule has 0 aromatic heterocycles. The highest BCUT2D eigenvalue weighted by molar-refractivity contribution is 6.42. The molecule has 2 rings (SSSR count). The van der Waals surface area contributed by atoms with Gasteiger partial charge in [-0.1, -0.05) is 23.2 Å². The van der Waals surface area contributed by atoms with E-state index >= 15 is 0 Å². The topological polar surface area (TPSA) is 75.4 Å². The molecule has 0 aliphatic carbocycles. The zero-order chi connectivity index (χ0) is 17.0. The predicted molar refractivity (Wildman–Crippen MR) is 99.0 cm³/mol. The highest BCUT2D eigenvalue weighted by Gasteiger charge is 2.25. The highest BCUT2D eigenvalue weighted by Crippen LogP contribution is 2.22. The van der Waals surface area contributed by atoms with Crippen molar-refractivity contribution in [1.82, 2.24) is 10.2 Å². The van der Waals surface area contributed by atoms with E-state index in [9.17, 15) is 9.59 Å². The molecule has 2 amide bonds. The van der Waals surface area contributed by atoms with Crippen molar-refractivity contribution in [3.63, 3.8) is 0 Å². The third kappa shape index (κ3) is 5.52. The molecule has 24 heavy (non-hydrogen) atoms. The zero-order valence-corrected chi connectivity index (χ0v) is 15.8. The minimum Gasteiger partial charge on any atom is -0.343 e. The number of carbonyl (C=O) groups is 2. The van der Waals surface area contributed by atoms with Crippen molar-refractivity contribution in [2.45, 2.75) is 25.8 Å². The fourth-order valence-electron chi connectivity index (χ4n) is 2.67. The monoisotopic (exact) mass is 393 g/mol. The standard InChI is InChI=1S/C16H21Cl2N3O2.ClH/c1-10(19)12-3-2-6-21(9-12)15(22)8-20-16(23)11-4-5-13(17)14(18)7-11;/h4-5,7,10,12H,2-3,6,8-9,19H2,1H3,(H,20,23);1H. The van der Waals surface area contributed by atoms with Gasteiger partial charge in [-0.2, -0.15) is 0 Å². The molecule has 5 nitrogen and oxygen atoms in total. The second-order valence-corrected chi connectivity index (χ2v) is 6.73. The number of halogens is 3. The number of rotatable bonds is 4. The van der Waals surface area contributed by atoms with Crippen LogP contribution in [-0.4, -0.2) is 42.4 Å². The molecule has 134 valence electrons. The molecule has 2 unspecified atom stereocenters. The van der Waals surface area contributed by atoms with Crippen LogP contribution in [0.5, 0.6) is 0 Å². The summed E-state index contributed by atoms with van der Waals surface area (Å²) >= 11 is 11.7. The van der Waals surface area contributed by atoms with E-state index in [1.54, 1.807) is 17.0 Å². The Kier molecular flexibility index (Phi) is 8.30. The molecule has 1 aromatic carbocycles. The molecular formula is C16H22Cl3N3O2. The minimum atomic E-state index is -0.349. The Labute approximate surface area is 158 Å². The smallest absolute Gasteiger partial charge is 0.251 e. The lowest BCUT2D eigenvalue weighted by Gasteiger charge is -2.34. The van der Waals surface area contributed by atoms with E-state index < -0.39 is 0 Å². The lowest BCUT2D eigenvalue weighted by atomic mass is 9.92. The first-order valence-corrected chi connectivity index (χ1v) is 8.40. The Bertz CT molecular complexity index is 596. The average Bonchev–Trinajstić information content (AvgIpc) is 2.54. The SMILES string of the molecule is CC(N)C1CCCN(C(=O)CNC(=O)c2ccc(Cl)c(Cl)c2)C1.Cl. The second kappa shape index (κ2) is 9.47. The number of carbonyl (C=O) groups excluding carboxylic acids is 2. The average molecular weight is 395 g/mol. The van der Waals surface area contributed by atoms with Gasteiger partial charge >= 0.3 is 0 Å². The van der Waals surface area contributed by atoms with Gasteiger partial charge in [-0.3, -0.25) is 9.59 Å². The van der Waals surface area contributed by atoms with Crippen LogP contribution in [-0.2, 0) is 4.79 Å². The van der Waals surface area contributed by atoms with E-state index in [-0.39, 0.29) is 36.8 Å². The van der Waals surface area contributed by atoms with Crippen LogP contribution in [0.25, 0.3) is 0 Å². The Morgan fingerprint density at radius 3 is 2.71 bits per heavy atom. The maximum atomic E-state index is 12.2. The van der Waals surface area contributed by atoms with E-state index in [0.29, 0.717) is 34.6 Å². The predicted octanol–water partition coefficient (Wildman–Crippen LogP) is 2.73. The molecule has 2 atom stereocenters. The number of nitrogens with zero attached hydrogens (tertiary/aromatic N) is 1.